The minimum atomic E-state index is 0.643. The monoisotopic (exact) mass is 222 g/mol. The third-order valence-corrected chi connectivity index (χ3v) is 4.06. The zero-order chi connectivity index (χ0) is 10.8. The molecule has 0 N–H and O–H groups in total. The Bertz CT molecular complexity index is 311. The molecule has 0 amide bonds. The average molecular weight is 223 g/mol. The topological polar surface area (TPSA) is 0 Å². The summed E-state index contributed by atoms with van der Waals surface area (Å²) in [5.41, 5.74) is 1.29. The molecule has 0 aromatic carbocycles. The van der Waals surface area contributed by atoms with Crippen molar-refractivity contribution >= 4 is 11.6 Å². The van der Waals surface area contributed by atoms with Crippen molar-refractivity contribution in [2.45, 2.75) is 20.3 Å². The molecule has 2 rings (SSSR count). The Hall–Kier alpha value is -0.490. The van der Waals surface area contributed by atoms with Crippen molar-refractivity contribution in [3.05, 3.63) is 36.0 Å². The van der Waals surface area contributed by atoms with Crippen LogP contribution >= 0.6 is 11.6 Å². The third-order valence-electron chi connectivity index (χ3n) is 3.75. The average Bonchev–Trinajstić information content (AvgIpc) is 2.53. The highest BCUT2D eigenvalue weighted by Crippen LogP contribution is 2.35. The number of hydrogen-bond donors (Lipinski definition) is 0. The molecule has 2 aliphatic carbocycles. The van der Waals surface area contributed by atoms with E-state index in [0.29, 0.717) is 29.6 Å². The lowest BCUT2D eigenvalue weighted by molar-refractivity contribution is 0.390. The highest BCUT2D eigenvalue weighted by molar-refractivity contribution is 6.19. The van der Waals surface area contributed by atoms with Crippen LogP contribution in [0.2, 0.25) is 0 Å². The Balaban J connectivity index is 2.30. The SMILES string of the molecule is C[C@@H]1C=C[C@H](C)[C@@H]2C=C(CCl)C=C[C@@H]1C2. The van der Waals surface area contributed by atoms with Crippen molar-refractivity contribution in [3.63, 3.8) is 0 Å². The fraction of sp³-hybridized carbons (Fsp3) is 0.571. The van der Waals surface area contributed by atoms with Crippen molar-refractivity contribution in [1.29, 1.82) is 0 Å². The van der Waals surface area contributed by atoms with Gasteiger partial charge in [-0.3, -0.25) is 0 Å². The van der Waals surface area contributed by atoms with E-state index in [9.17, 15) is 0 Å². The Morgan fingerprint density at radius 2 is 1.80 bits per heavy atom. The Morgan fingerprint density at radius 3 is 2.47 bits per heavy atom. The standard InChI is InChI=1S/C14H19Cl/c1-10-3-4-11(2)14-7-12(9-15)5-6-13(10)8-14/h3-7,10-11,13-14H,8-9H2,1-2H3/t10-,11+,13-,14-/m1/s1. The Labute approximate surface area is 97.7 Å². The second-order valence-corrected chi connectivity index (χ2v) is 5.17. The number of fused-ring (bicyclic) bond motifs is 2. The van der Waals surface area contributed by atoms with Gasteiger partial charge in [-0.15, -0.1) is 11.6 Å². The number of alkyl halides is 1. The summed E-state index contributed by atoms with van der Waals surface area (Å²) in [4.78, 5) is 0. The number of rotatable bonds is 1. The van der Waals surface area contributed by atoms with Crippen LogP contribution in [0.15, 0.2) is 36.0 Å². The van der Waals surface area contributed by atoms with Crippen LogP contribution in [0, 0.1) is 23.7 Å². The smallest absolute Gasteiger partial charge is 0.0470 e. The van der Waals surface area contributed by atoms with E-state index in [4.69, 9.17) is 11.6 Å². The van der Waals surface area contributed by atoms with Crippen LogP contribution in [0.3, 0.4) is 0 Å². The summed E-state index contributed by atoms with van der Waals surface area (Å²) in [6.07, 6.45) is 13.0. The molecule has 0 aromatic heterocycles. The molecule has 2 aliphatic rings. The first-order valence-corrected chi connectivity index (χ1v) is 6.37. The summed E-state index contributed by atoms with van der Waals surface area (Å²) in [6, 6.07) is 0. The minimum absolute atomic E-state index is 0.643. The van der Waals surface area contributed by atoms with Crippen LogP contribution in [0.5, 0.6) is 0 Å². The van der Waals surface area contributed by atoms with Crippen molar-refractivity contribution in [2.75, 3.05) is 5.88 Å². The van der Waals surface area contributed by atoms with Gasteiger partial charge in [-0.1, -0.05) is 44.2 Å². The van der Waals surface area contributed by atoms with Crippen LogP contribution in [0.1, 0.15) is 20.3 Å². The van der Waals surface area contributed by atoms with Gasteiger partial charge < -0.3 is 0 Å². The second kappa shape index (κ2) is 4.57. The quantitative estimate of drug-likeness (QED) is 0.461. The normalized spacial score (nSPS) is 39.5. The molecule has 0 unspecified atom stereocenters. The van der Waals surface area contributed by atoms with E-state index >= 15 is 0 Å². The van der Waals surface area contributed by atoms with Crippen LogP contribution in [-0.4, -0.2) is 5.88 Å². The highest BCUT2D eigenvalue weighted by Gasteiger charge is 2.25. The molecular formula is C14H19Cl. The maximum atomic E-state index is 5.93. The van der Waals surface area contributed by atoms with E-state index in [0.717, 1.165) is 0 Å². The van der Waals surface area contributed by atoms with Crippen molar-refractivity contribution in [3.8, 4) is 0 Å². The molecule has 0 aromatic rings. The summed E-state index contributed by atoms with van der Waals surface area (Å²) >= 11 is 5.93. The molecule has 0 saturated heterocycles. The molecule has 0 spiro atoms. The van der Waals surface area contributed by atoms with E-state index < -0.39 is 0 Å². The van der Waals surface area contributed by atoms with E-state index in [1.165, 1.54) is 12.0 Å². The van der Waals surface area contributed by atoms with E-state index in [-0.39, 0.29) is 0 Å². The van der Waals surface area contributed by atoms with Crippen molar-refractivity contribution in [1.82, 2.24) is 0 Å². The lowest BCUT2D eigenvalue weighted by Gasteiger charge is -2.20. The molecule has 1 heteroatoms. The van der Waals surface area contributed by atoms with Crippen molar-refractivity contribution < 1.29 is 0 Å². The zero-order valence-electron chi connectivity index (χ0n) is 9.49. The number of hydrogen-bond acceptors (Lipinski definition) is 0. The largest absolute Gasteiger partial charge is 0.122 e. The molecule has 82 valence electrons. The lowest BCUT2D eigenvalue weighted by atomic mass is 9.85. The first kappa shape index (κ1) is 11.0. The second-order valence-electron chi connectivity index (χ2n) is 4.90. The predicted molar refractivity (Wildman–Crippen MR) is 67.0 cm³/mol. The maximum absolute atomic E-state index is 5.93. The van der Waals surface area contributed by atoms with Gasteiger partial charge in [0.05, 0.1) is 0 Å². The Morgan fingerprint density at radius 1 is 1.13 bits per heavy atom. The Kier molecular flexibility index (Phi) is 3.35. The van der Waals surface area contributed by atoms with E-state index in [1.807, 2.05) is 0 Å². The molecule has 0 heterocycles. The summed E-state index contributed by atoms with van der Waals surface area (Å²) in [7, 11) is 0. The molecule has 0 nitrogen and oxygen atoms in total. The highest BCUT2D eigenvalue weighted by atomic mass is 35.5. The fourth-order valence-corrected chi connectivity index (χ4v) is 2.70. The molecule has 0 radical (unpaired) electrons. The van der Waals surface area contributed by atoms with Gasteiger partial charge in [0.25, 0.3) is 0 Å². The van der Waals surface area contributed by atoms with Gasteiger partial charge in [0.1, 0.15) is 0 Å². The van der Waals surface area contributed by atoms with Gasteiger partial charge in [0, 0.05) is 5.88 Å². The fourth-order valence-electron chi connectivity index (χ4n) is 2.52. The number of allylic oxidation sites excluding steroid dienone is 6. The first-order valence-electron chi connectivity index (χ1n) is 5.84. The number of halogens is 1. The van der Waals surface area contributed by atoms with Gasteiger partial charge in [0.15, 0.2) is 0 Å². The summed E-state index contributed by atoms with van der Waals surface area (Å²) in [5, 5.41) is 0. The van der Waals surface area contributed by atoms with Crippen LogP contribution in [-0.2, 0) is 0 Å². The minimum Gasteiger partial charge on any atom is -0.122 e. The lowest BCUT2D eigenvalue weighted by Crippen LogP contribution is -2.11. The van der Waals surface area contributed by atoms with Gasteiger partial charge >= 0.3 is 0 Å². The molecular weight excluding hydrogens is 204 g/mol. The molecule has 2 bridgehead atoms. The van der Waals surface area contributed by atoms with Crippen LogP contribution in [0.25, 0.3) is 0 Å². The molecule has 4 atom stereocenters. The van der Waals surface area contributed by atoms with Gasteiger partial charge in [-0.2, -0.15) is 0 Å². The van der Waals surface area contributed by atoms with Gasteiger partial charge in [-0.05, 0) is 35.7 Å². The maximum Gasteiger partial charge on any atom is 0.0470 e. The van der Waals surface area contributed by atoms with Crippen LogP contribution < -0.4 is 0 Å². The van der Waals surface area contributed by atoms with Crippen molar-refractivity contribution in [2.24, 2.45) is 23.7 Å². The third kappa shape index (κ3) is 2.36. The summed E-state index contributed by atoms with van der Waals surface area (Å²) < 4.78 is 0. The van der Waals surface area contributed by atoms with Gasteiger partial charge in [-0.25, -0.2) is 0 Å². The van der Waals surface area contributed by atoms with Gasteiger partial charge in [0.2, 0.25) is 0 Å². The first-order chi connectivity index (χ1) is 7.20. The summed E-state index contributed by atoms with van der Waals surface area (Å²) in [5.74, 6) is 3.31. The predicted octanol–water partition coefficient (Wildman–Crippen LogP) is 4.19. The molecule has 0 saturated carbocycles. The molecule has 0 aliphatic heterocycles. The molecule has 15 heavy (non-hydrogen) atoms. The zero-order valence-corrected chi connectivity index (χ0v) is 10.2. The van der Waals surface area contributed by atoms with E-state index in [2.05, 4.69) is 44.2 Å². The van der Waals surface area contributed by atoms with Crippen LogP contribution in [0.4, 0.5) is 0 Å². The summed E-state index contributed by atoms with van der Waals surface area (Å²) in [6.45, 7) is 4.62. The van der Waals surface area contributed by atoms with E-state index in [1.54, 1.807) is 0 Å². The molecule has 0 fully saturated rings.